The Kier molecular flexibility index (Phi) is 6.30. The molecule has 9 heteroatoms. The van der Waals surface area contributed by atoms with Gasteiger partial charge in [-0.1, -0.05) is 54.6 Å². The minimum atomic E-state index is -1.83. The first-order valence-electron chi connectivity index (χ1n) is 12.4. The predicted molar refractivity (Wildman–Crippen MR) is 140 cm³/mol. The SMILES string of the molecule is CC(C)(C)OC(=O)N1CCC(NC(=O)OCC2c3ccccc3-c3ccccc32)(C(=O)O)c2cccnc21. The number of hydrogen-bond donors (Lipinski definition) is 2. The number of fused-ring (bicyclic) bond motifs is 4. The predicted octanol–water partition coefficient (Wildman–Crippen LogP) is 5.05. The number of carboxylic acids is 1. The highest BCUT2D eigenvalue weighted by atomic mass is 16.6. The Morgan fingerprint density at radius 2 is 1.66 bits per heavy atom. The second-order valence-electron chi connectivity index (χ2n) is 10.4. The van der Waals surface area contributed by atoms with Crippen LogP contribution in [0.2, 0.25) is 0 Å². The van der Waals surface area contributed by atoms with Gasteiger partial charge in [0.1, 0.15) is 18.0 Å². The number of benzene rings is 2. The summed E-state index contributed by atoms with van der Waals surface area (Å²) in [5.41, 5.74) is 1.89. The van der Waals surface area contributed by atoms with Crippen molar-refractivity contribution in [3.05, 3.63) is 83.6 Å². The van der Waals surface area contributed by atoms with Gasteiger partial charge in [0.25, 0.3) is 0 Å². The maximum Gasteiger partial charge on any atom is 0.416 e. The van der Waals surface area contributed by atoms with Crippen LogP contribution >= 0.6 is 0 Å². The molecule has 0 fully saturated rings. The van der Waals surface area contributed by atoms with Crippen molar-refractivity contribution in [1.82, 2.24) is 10.3 Å². The number of amides is 2. The van der Waals surface area contributed by atoms with E-state index in [4.69, 9.17) is 9.47 Å². The van der Waals surface area contributed by atoms with Crippen LogP contribution in [0.4, 0.5) is 15.4 Å². The Labute approximate surface area is 220 Å². The van der Waals surface area contributed by atoms with Gasteiger partial charge in [0.15, 0.2) is 5.54 Å². The van der Waals surface area contributed by atoms with Crippen molar-refractivity contribution < 1.29 is 29.0 Å². The molecule has 38 heavy (non-hydrogen) atoms. The van der Waals surface area contributed by atoms with Crippen LogP contribution < -0.4 is 10.2 Å². The van der Waals surface area contributed by atoms with E-state index < -0.39 is 29.3 Å². The molecule has 2 aliphatic rings. The number of carboxylic acid groups (broad SMARTS) is 1. The zero-order valence-electron chi connectivity index (χ0n) is 21.4. The Balaban J connectivity index is 1.38. The van der Waals surface area contributed by atoms with E-state index in [1.54, 1.807) is 26.8 Å². The molecule has 0 saturated heterocycles. The molecule has 2 heterocycles. The monoisotopic (exact) mass is 515 g/mol. The highest BCUT2D eigenvalue weighted by molar-refractivity contribution is 5.94. The molecule has 3 aromatic rings. The summed E-state index contributed by atoms with van der Waals surface area (Å²) in [6.07, 6.45) is -0.140. The maximum absolute atomic E-state index is 13.1. The molecule has 2 N–H and O–H groups in total. The zero-order chi connectivity index (χ0) is 27.1. The maximum atomic E-state index is 13.1. The van der Waals surface area contributed by atoms with Crippen LogP contribution in [0.25, 0.3) is 11.1 Å². The van der Waals surface area contributed by atoms with Gasteiger partial charge < -0.3 is 19.9 Å². The molecular weight excluding hydrogens is 486 g/mol. The number of aromatic nitrogens is 1. The number of alkyl carbamates (subject to hydrolysis) is 1. The lowest BCUT2D eigenvalue weighted by Gasteiger charge is -2.39. The first-order valence-corrected chi connectivity index (χ1v) is 12.4. The van der Waals surface area contributed by atoms with Gasteiger partial charge >= 0.3 is 18.2 Å². The van der Waals surface area contributed by atoms with Crippen molar-refractivity contribution in [2.45, 2.75) is 44.2 Å². The van der Waals surface area contributed by atoms with E-state index in [1.165, 1.54) is 17.2 Å². The van der Waals surface area contributed by atoms with Crippen LogP contribution in [0, 0.1) is 0 Å². The normalized spacial score (nSPS) is 18.1. The molecule has 1 atom stereocenters. The van der Waals surface area contributed by atoms with Crippen LogP contribution in [0.1, 0.15) is 49.8 Å². The third-order valence-electron chi connectivity index (χ3n) is 6.85. The summed E-state index contributed by atoms with van der Waals surface area (Å²) in [7, 11) is 0. The number of nitrogens with zero attached hydrogens (tertiary/aromatic N) is 2. The smallest absolute Gasteiger partial charge is 0.416 e. The summed E-state index contributed by atoms with van der Waals surface area (Å²) >= 11 is 0. The molecule has 1 aromatic heterocycles. The highest BCUT2D eigenvalue weighted by Crippen LogP contribution is 2.44. The van der Waals surface area contributed by atoms with Crippen molar-refractivity contribution in [3.8, 4) is 11.1 Å². The first kappa shape index (κ1) is 25.3. The molecule has 196 valence electrons. The van der Waals surface area contributed by atoms with E-state index >= 15 is 0 Å². The third kappa shape index (κ3) is 4.44. The van der Waals surface area contributed by atoms with Gasteiger partial charge in [-0.3, -0.25) is 4.90 Å². The quantitative estimate of drug-likeness (QED) is 0.499. The summed E-state index contributed by atoms with van der Waals surface area (Å²) in [6, 6.07) is 19.0. The van der Waals surface area contributed by atoms with Gasteiger partial charge in [-0.25, -0.2) is 19.4 Å². The van der Waals surface area contributed by atoms with E-state index in [-0.39, 0.29) is 36.9 Å². The molecule has 2 aromatic carbocycles. The minimum Gasteiger partial charge on any atom is -0.479 e. The van der Waals surface area contributed by atoms with E-state index in [1.807, 2.05) is 48.5 Å². The summed E-state index contributed by atoms with van der Waals surface area (Å²) in [4.78, 5) is 44.1. The summed E-state index contributed by atoms with van der Waals surface area (Å²) in [5.74, 6) is -1.32. The fourth-order valence-electron chi connectivity index (χ4n) is 5.17. The lowest BCUT2D eigenvalue weighted by atomic mass is 9.83. The average molecular weight is 516 g/mol. The molecule has 1 aliphatic carbocycles. The lowest BCUT2D eigenvalue weighted by molar-refractivity contribution is -0.145. The molecule has 5 rings (SSSR count). The van der Waals surface area contributed by atoms with Gasteiger partial charge in [-0.05, 0) is 49.1 Å². The molecule has 1 unspecified atom stereocenters. The van der Waals surface area contributed by atoms with Crippen molar-refractivity contribution in [3.63, 3.8) is 0 Å². The Bertz CT molecular complexity index is 1370. The topological polar surface area (TPSA) is 118 Å². The second kappa shape index (κ2) is 9.48. The number of pyridine rings is 1. The van der Waals surface area contributed by atoms with Crippen molar-refractivity contribution in [2.75, 3.05) is 18.1 Å². The zero-order valence-corrected chi connectivity index (χ0v) is 21.4. The largest absolute Gasteiger partial charge is 0.479 e. The minimum absolute atomic E-state index is 0.0190. The lowest BCUT2D eigenvalue weighted by Crippen LogP contribution is -2.57. The average Bonchev–Trinajstić information content (AvgIpc) is 3.20. The molecule has 0 radical (unpaired) electrons. The van der Waals surface area contributed by atoms with Gasteiger partial charge in [0, 0.05) is 30.6 Å². The Morgan fingerprint density at radius 3 is 2.26 bits per heavy atom. The molecular formula is C29H29N3O6. The number of carbonyl (C=O) groups is 3. The van der Waals surface area contributed by atoms with Crippen LogP contribution in [-0.4, -0.2) is 47.0 Å². The molecule has 0 saturated carbocycles. The number of aliphatic carboxylic acids is 1. The molecule has 2 amide bonds. The van der Waals surface area contributed by atoms with E-state index in [0.717, 1.165) is 22.3 Å². The fraction of sp³-hybridized carbons (Fsp3) is 0.310. The Hall–Kier alpha value is -4.40. The van der Waals surface area contributed by atoms with Gasteiger partial charge in [-0.2, -0.15) is 0 Å². The van der Waals surface area contributed by atoms with Crippen LogP contribution in [0.5, 0.6) is 0 Å². The number of hydrogen-bond acceptors (Lipinski definition) is 6. The molecule has 1 aliphatic heterocycles. The van der Waals surface area contributed by atoms with Gasteiger partial charge in [-0.15, -0.1) is 0 Å². The van der Waals surface area contributed by atoms with E-state index in [0.29, 0.717) is 0 Å². The number of nitrogens with one attached hydrogen (secondary N) is 1. The molecule has 0 spiro atoms. The fourth-order valence-corrected chi connectivity index (χ4v) is 5.17. The molecule has 0 bridgehead atoms. The van der Waals surface area contributed by atoms with Crippen molar-refractivity contribution in [2.24, 2.45) is 0 Å². The van der Waals surface area contributed by atoms with E-state index in [9.17, 15) is 19.5 Å². The van der Waals surface area contributed by atoms with E-state index in [2.05, 4.69) is 10.3 Å². The van der Waals surface area contributed by atoms with Crippen molar-refractivity contribution >= 4 is 24.0 Å². The number of ether oxygens (including phenoxy) is 2. The van der Waals surface area contributed by atoms with Crippen molar-refractivity contribution in [1.29, 1.82) is 0 Å². The molecule has 9 nitrogen and oxygen atoms in total. The summed E-state index contributed by atoms with van der Waals surface area (Å²) in [5, 5.41) is 12.9. The summed E-state index contributed by atoms with van der Waals surface area (Å²) < 4.78 is 11.1. The third-order valence-corrected chi connectivity index (χ3v) is 6.85. The number of anilines is 1. The second-order valence-corrected chi connectivity index (χ2v) is 10.4. The first-order chi connectivity index (χ1) is 18.1. The Morgan fingerprint density at radius 1 is 1.03 bits per heavy atom. The van der Waals surface area contributed by atoms with Gasteiger partial charge in [0.2, 0.25) is 0 Å². The summed E-state index contributed by atoms with van der Waals surface area (Å²) in [6.45, 7) is 5.26. The van der Waals surface area contributed by atoms with Gasteiger partial charge in [0.05, 0.1) is 0 Å². The van der Waals surface area contributed by atoms with Crippen LogP contribution in [-0.2, 0) is 19.8 Å². The standard InChI is InChI=1S/C29H29N3O6/c1-28(2,3)38-27(36)32-16-14-29(25(33)34,23-13-8-15-30-24(23)32)31-26(35)37-17-22-20-11-6-4-9-18(20)19-10-5-7-12-21(19)22/h4-13,15,22H,14,16-17H2,1-3H3,(H,31,35)(H,33,34). The number of carbonyl (C=O) groups excluding carboxylic acids is 2. The van der Waals surface area contributed by atoms with Crippen LogP contribution in [0.3, 0.4) is 0 Å². The van der Waals surface area contributed by atoms with Crippen LogP contribution in [0.15, 0.2) is 66.9 Å². The highest BCUT2D eigenvalue weighted by Gasteiger charge is 2.49. The number of rotatable bonds is 4.